The Bertz CT molecular complexity index is 2800. The minimum Gasteiger partial charge on any atom is -0.265 e. The van der Waals surface area contributed by atoms with Crippen molar-refractivity contribution in [2.24, 2.45) is 10.9 Å². The second kappa shape index (κ2) is 23.4. The molecule has 4 aliphatic rings. The van der Waals surface area contributed by atoms with Gasteiger partial charge in [0.05, 0.1) is 5.41 Å². The number of benzene rings is 5. The molecule has 328 valence electrons. The minimum absolute atomic E-state index is 0.287. The van der Waals surface area contributed by atoms with Gasteiger partial charge in [0, 0.05) is 54.1 Å². The van der Waals surface area contributed by atoms with E-state index in [4.69, 9.17) is 0 Å². The number of thiol groups is 1. The number of fused-ring (bicyclic) bond motifs is 11. The van der Waals surface area contributed by atoms with E-state index >= 15 is 0 Å². The molecule has 3 aliphatic carbocycles. The Hall–Kier alpha value is -6.62. The molecule has 1 unspecified atom stereocenters. The van der Waals surface area contributed by atoms with Crippen LogP contribution < -0.4 is 0 Å². The molecule has 5 aromatic carbocycles. The Morgan fingerprint density at radius 1 is 0.692 bits per heavy atom. The number of hydrogen-bond donors (Lipinski definition) is 1. The van der Waals surface area contributed by atoms with E-state index in [2.05, 4.69) is 184 Å². The second-order valence-electron chi connectivity index (χ2n) is 16.4. The first-order valence-electron chi connectivity index (χ1n) is 22.8. The lowest BCUT2D eigenvalue weighted by molar-refractivity contribution is 0.652. The second-order valence-corrected chi connectivity index (χ2v) is 16.4. The lowest BCUT2D eigenvalue weighted by Crippen LogP contribution is -2.30. The normalized spacial score (nSPS) is 14.7. The largest absolute Gasteiger partial charge is 0.265 e. The third kappa shape index (κ3) is 10.4. The molecular formula is C61H63N3S. The monoisotopic (exact) mass is 869 g/mol. The fourth-order valence-electron chi connectivity index (χ4n) is 9.07. The molecule has 3 nitrogen and oxygen atoms in total. The quantitative estimate of drug-likeness (QED) is 0.142. The molecule has 0 radical (unpaired) electrons. The van der Waals surface area contributed by atoms with Crippen LogP contribution in [0.25, 0.3) is 38.6 Å². The first-order valence-corrected chi connectivity index (χ1v) is 23.7. The van der Waals surface area contributed by atoms with Crippen molar-refractivity contribution in [3.05, 3.63) is 245 Å². The molecule has 0 fully saturated rings. The molecule has 4 heteroatoms. The summed E-state index contributed by atoms with van der Waals surface area (Å²) in [6, 6.07) is 45.6. The van der Waals surface area contributed by atoms with Crippen LogP contribution in [-0.2, 0) is 5.41 Å². The van der Waals surface area contributed by atoms with Gasteiger partial charge in [0.2, 0.25) is 0 Å². The van der Waals surface area contributed by atoms with Crippen molar-refractivity contribution < 1.29 is 0 Å². The van der Waals surface area contributed by atoms with Gasteiger partial charge in [-0.3, -0.25) is 15.0 Å². The summed E-state index contributed by atoms with van der Waals surface area (Å²) in [5.74, 6) is 0.356. The van der Waals surface area contributed by atoms with Gasteiger partial charge in [-0.1, -0.05) is 178 Å². The van der Waals surface area contributed by atoms with Crippen LogP contribution in [0.1, 0.15) is 79.0 Å². The molecule has 1 atom stereocenters. The molecule has 2 aromatic heterocycles. The van der Waals surface area contributed by atoms with Gasteiger partial charge in [-0.15, -0.1) is 0 Å². The highest BCUT2D eigenvalue weighted by Crippen LogP contribution is 2.66. The van der Waals surface area contributed by atoms with E-state index in [0.29, 0.717) is 5.92 Å². The van der Waals surface area contributed by atoms with E-state index in [1.807, 2.05) is 80.4 Å². The van der Waals surface area contributed by atoms with Gasteiger partial charge in [0.1, 0.15) is 0 Å². The molecule has 0 bridgehead atoms. The molecular weight excluding hydrogens is 807 g/mol. The number of aliphatic imine (C=N–C) groups is 1. The van der Waals surface area contributed by atoms with Crippen LogP contribution in [0.5, 0.6) is 0 Å². The summed E-state index contributed by atoms with van der Waals surface area (Å²) in [5, 5.41) is 2.47. The van der Waals surface area contributed by atoms with Gasteiger partial charge in [0.25, 0.3) is 0 Å². The molecule has 0 amide bonds. The number of aryl methyl sites for hydroxylation is 3. The highest BCUT2D eigenvalue weighted by atomic mass is 32.1. The SMILES string of the molecule is C=C/C=C\C.CCCC.CS.Cc1ccc(-c2cccnc2)c2c1C1(C3=C2C=C2C=NC=CC2C3)c2ccccc2-c2ccccc21.Cc1ccc2ccncc2c1.Cc1ccccc1. The van der Waals surface area contributed by atoms with E-state index in [9.17, 15) is 0 Å². The third-order valence-corrected chi connectivity index (χ3v) is 12.1. The van der Waals surface area contributed by atoms with E-state index in [0.717, 1.165) is 12.0 Å². The maximum absolute atomic E-state index is 4.48. The van der Waals surface area contributed by atoms with Crippen LogP contribution >= 0.6 is 12.6 Å². The standard InChI is InChI=1S/C34H24N2.C10H9N.C7H8.C5H8.C4H10.CH4S/c1-21-12-13-25(23-7-6-15-35-19-23)32-28-17-24-20-36-16-14-22(24)18-31(28)34(33(21)32)29-10-4-2-8-26(29)27-9-3-5-11-30(27)34;1-8-2-3-9-4-5-11-7-10(9)6-8;1-7-5-3-2-4-6-7;1-3-5-4-2;1-3-4-2;1-2/h2-17,19-20,22H,18H2,1H3;2-7H,1H3;2-6H,1H3;3-5H,1H2,2H3;3-4H2,1-2H3;2H,1H3/b;;;5-4-;;. The number of aromatic nitrogens is 2. The van der Waals surface area contributed by atoms with Crippen molar-refractivity contribution in [1.29, 1.82) is 0 Å². The summed E-state index contributed by atoms with van der Waals surface area (Å²) < 4.78 is 0. The minimum atomic E-state index is -0.287. The van der Waals surface area contributed by atoms with Crippen molar-refractivity contribution in [3.63, 3.8) is 0 Å². The fourth-order valence-corrected chi connectivity index (χ4v) is 9.07. The Morgan fingerprint density at radius 2 is 1.37 bits per heavy atom. The summed E-state index contributed by atoms with van der Waals surface area (Å²) >= 11 is 3.53. The summed E-state index contributed by atoms with van der Waals surface area (Å²) in [6.07, 6.45) is 27.2. The van der Waals surface area contributed by atoms with Crippen molar-refractivity contribution in [2.45, 2.75) is 66.2 Å². The van der Waals surface area contributed by atoms with Crippen molar-refractivity contribution >= 4 is 35.2 Å². The number of unbranched alkanes of at least 4 members (excludes halogenated alkanes) is 1. The molecule has 1 aliphatic heterocycles. The van der Waals surface area contributed by atoms with Crippen molar-refractivity contribution in [2.75, 3.05) is 6.26 Å². The zero-order valence-corrected chi connectivity index (χ0v) is 40.1. The maximum Gasteiger partial charge on any atom is 0.0691 e. The summed E-state index contributed by atoms with van der Waals surface area (Å²) in [5.41, 5.74) is 18.6. The molecule has 0 saturated carbocycles. The van der Waals surface area contributed by atoms with Gasteiger partial charge in [-0.2, -0.15) is 12.6 Å². The smallest absolute Gasteiger partial charge is 0.0691 e. The Morgan fingerprint density at radius 3 is 1.97 bits per heavy atom. The van der Waals surface area contributed by atoms with Crippen LogP contribution in [0.3, 0.4) is 0 Å². The summed E-state index contributed by atoms with van der Waals surface area (Å²) in [4.78, 5) is 13.0. The third-order valence-electron chi connectivity index (χ3n) is 12.1. The van der Waals surface area contributed by atoms with Gasteiger partial charge in [-0.05, 0) is 131 Å². The highest BCUT2D eigenvalue weighted by Gasteiger charge is 2.54. The van der Waals surface area contributed by atoms with Crippen LogP contribution in [0.2, 0.25) is 0 Å². The molecule has 11 rings (SSSR count). The van der Waals surface area contributed by atoms with Gasteiger partial charge in [-0.25, -0.2) is 0 Å². The molecule has 0 N–H and O–H groups in total. The number of rotatable bonds is 3. The number of hydrogen-bond acceptors (Lipinski definition) is 4. The summed E-state index contributed by atoms with van der Waals surface area (Å²) in [6.45, 7) is 16.2. The highest BCUT2D eigenvalue weighted by molar-refractivity contribution is 7.79. The number of allylic oxidation sites excluding steroid dienone is 8. The van der Waals surface area contributed by atoms with Gasteiger partial charge < -0.3 is 0 Å². The Labute approximate surface area is 394 Å². The van der Waals surface area contributed by atoms with E-state index in [-0.39, 0.29) is 5.41 Å². The van der Waals surface area contributed by atoms with E-state index < -0.39 is 0 Å². The van der Waals surface area contributed by atoms with Crippen LogP contribution in [0.4, 0.5) is 0 Å². The maximum atomic E-state index is 4.48. The average Bonchev–Trinajstić information content (AvgIpc) is 3.83. The van der Waals surface area contributed by atoms with Crippen molar-refractivity contribution in [3.8, 4) is 22.3 Å². The predicted octanol–water partition coefficient (Wildman–Crippen LogP) is 16.3. The fraction of sp³-hybridized carbons (Fsp3) is 0.197. The van der Waals surface area contributed by atoms with Crippen molar-refractivity contribution in [1.82, 2.24) is 9.97 Å². The average molecular weight is 870 g/mol. The van der Waals surface area contributed by atoms with Crippen LogP contribution in [0.15, 0.2) is 211 Å². The lowest BCUT2D eigenvalue weighted by atomic mass is 9.65. The number of pyridine rings is 2. The van der Waals surface area contributed by atoms with E-state index in [1.54, 1.807) is 12.3 Å². The molecule has 65 heavy (non-hydrogen) atoms. The van der Waals surface area contributed by atoms with Crippen LogP contribution in [0, 0.1) is 26.7 Å². The topological polar surface area (TPSA) is 38.1 Å². The zero-order chi connectivity index (χ0) is 46.2. The number of nitrogens with zero attached hydrogens (tertiary/aromatic N) is 3. The van der Waals surface area contributed by atoms with Gasteiger partial charge in [0.15, 0.2) is 0 Å². The first kappa shape index (κ1) is 47.8. The van der Waals surface area contributed by atoms with Crippen LogP contribution in [-0.4, -0.2) is 22.4 Å². The lowest BCUT2D eigenvalue weighted by Gasteiger charge is -2.36. The molecule has 3 heterocycles. The molecule has 0 saturated heterocycles. The Kier molecular flexibility index (Phi) is 17.2. The molecule has 1 spiro atoms. The Balaban J connectivity index is 0.000000196. The molecule has 7 aromatic rings. The van der Waals surface area contributed by atoms with E-state index in [1.165, 1.54) is 96.0 Å². The first-order chi connectivity index (χ1) is 31.9. The zero-order valence-electron chi connectivity index (χ0n) is 39.2. The predicted molar refractivity (Wildman–Crippen MR) is 285 cm³/mol. The summed E-state index contributed by atoms with van der Waals surface area (Å²) in [7, 11) is 0. The van der Waals surface area contributed by atoms with Gasteiger partial charge >= 0.3 is 0 Å².